The zero-order chi connectivity index (χ0) is 20.4. The summed E-state index contributed by atoms with van der Waals surface area (Å²) in [6.07, 6.45) is 2.31. The van der Waals surface area contributed by atoms with Gasteiger partial charge in [-0.2, -0.15) is 13.2 Å². The number of carbonyl (C=O) groups is 1. The van der Waals surface area contributed by atoms with Crippen molar-refractivity contribution in [3.05, 3.63) is 66.0 Å². The highest BCUT2D eigenvalue weighted by atomic mass is 19.4. The smallest absolute Gasteiger partial charge is 0.392 e. The van der Waals surface area contributed by atoms with Gasteiger partial charge in [-0.15, -0.1) is 0 Å². The molecule has 0 fully saturated rings. The first-order chi connectivity index (χ1) is 13.9. The molecule has 1 aliphatic carbocycles. The van der Waals surface area contributed by atoms with Crippen LogP contribution in [0.4, 0.5) is 13.2 Å². The first kappa shape index (κ1) is 19.2. The minimum atomic E-state index is -4.16. The minimum Gasteiger partial charge on any atom is -0.447 e. The number of pyridine rings is 1. The van der Waals surface area contributed by atoms with Crippen molar-refractivity contribution >= 4 is 22.4 Å². The predicted molar refractivity (Wildman–Crippen MR) is 101 cm³/mol. The highest BCUT2D eigenvalue weighted by Crippen LogP contribution is 2.40. The summed E-state index contributed by atoms with van der Waals surface area (Å²) >= 11 is 0. The number of alkyl halides is 3. The van der Waals surface area contributed by atoms with Gasteiger partial charge >= 0.3 is 6.18 Å². The van der Waals surface area contributed by atoms with Crippen LogP contribution in [0.1, 0.15) is 41.1 Å². The van der Waals surface area contributed by atoms with Crippen LogP contribution in [0.5, 0.6) is 0 Å². The van der Waals surface area contributed by atoms with Gasteiger partial charge in [0.05, 0.1) is 29.7 Å². The summed E-state index contributed by atoms with van der Waals surface area (Å²) in [5, 5.41) is 3.46. The Balaban J connectivity index is 1.55. The number of aromatic nitrogens is 2. The van der Waals surface area contributed by atoms with Crippen molar-refractivity contribution in [2.75, 3.05) is 0 Å². The minimum absolute atomic E-state index is 0.0173. The fraction of sp³-hybridized carbons (Fsp3) is 0.286. The molecule has 150 valence electrons. The van der Waals surface area contributed by atoms with Crippen LogP contribution in [0.2, 0.25) is 0 Å². The average molecular weight is 401 g/mol. The fourth-order valence-electron chi connectivity index (χ4n) is 3.52. The van der Waals surface area contributed by atoms with E-state index in [-0.39, 0.29) is 25.3 Å². The molecule has 0 spiro atoms. The summed E-state index contributed by atoms with van der Waals surface area (Å²) in [4.78, 5) is 20.7. The largest absolute Gasteiger partial charge is 0.447 e. The standard InChI is InChI=1S/C21H18F3N3O2/c22-21(23,24)16-6-4-13(5-7-16)17-3-1-2-14-10-15(11-26-19(14)17)20(28)27-12-18-25-8-9-29-18/h1-4,8-11,16H,5-7,12H2,(H,27,28). The van der Waals surface area contributed by atoms with E-state index in [2.05, 4.69) is 15.3 Å². The van der Waals surface area contributed by atoms with Crippen molar-refractivity contribution in [1.82, 2.24) is 15.3 Å². The molecule has 0 aliphatic heterocycles. The number of benzene rings is 1. The number of fused-ring (bicyclic) bond motifs is 1. The Labute approximate surface area is 164 Å². The fourth-order valence-corrected chi connectivity index (χ4v) is 3.52. The second-order valence-electron chi connectivity index (χ2n) is 6.95. The van der Waals surface area contributed by atoms with Gasteiger partial charge in [-0.3, -0.25) is 9.78 Å². The van der Waals surface area contributed by atoms with Crippen molar-refractivity contribution in [3.63, 3.8) is 0 Å². The van der Waals surface area contributed by atoms with Crippen molar-refractivity contribution in [2.45, 2.75) is 32.0 Å². The Bertz CT molecular complexity index is 1060. The van der Waals surface area contributed by atoms with E-state index in [1.165, 1.54) is 18.7 Å². The Morgan fingerprint density at radius 2 is 2.14 bits per heavy atom. The molecule has 1 unspecified atom stereocenters. The summed E-state index contributed by atoms with van der Waals surface area (Å²) in [7, 11) is 0. The van der Waals surface area contributed by atoms with Crippen LogP contribution in [0.15, 0.2) is 53.4 Å². The Kier molecular flexibility index (Phi) is 5.08. The number of carbonyl (C=O) groups excluding carboxylic acids is 1. The summed E-state index contributed by atoms with van der Waals surface area (Å²) < 4.78 is 43.8. The van der Waals surface area contributed by atoms with Crippen molar-refractivity contribution < 1.29 is 22.4 Å². The number of para-hydroxylation sites is 1. The van der Waals surface area contributed by atoms with Crippen LogP contribution in [0.25, 0.3) is 16.5 Å². The zero-order valence-corrected chi connectivity index (χ0v) is 15.4. The number of hydrogen-bond acceptors (Lipinski definition) is 4. The molecule has 2 heterocycles. The molecule has 2 aromatic heterocycles. The molecule has 8 heteroatoms. The maximum Gasteiger partial charge on any atom is 0.392 e. The molecule has 1 aliphatic rings. The second kappa shape index (κ2) is 7.69. The molecule has 0 saturated heterocycles. The third-order valence-corrected chi connectivity index (χ3v) is 5.08. The predicted octanol–water partition coefficient (Wildman–Crippen LogP) is 4.90. The Morgan fingerprint density at radius 3 is 2.83 bits per heavy atom. The zero-order valence-electron chi connectivity index (χ0n) is 15.4. The van der Waals surface area contributed by atoms with Gasteiger partial charge in [0.25, 0.3) is 5.91 Å². The first-order valence-corrected chi connectivity index (χ1v) is 9.23. The van der Waals surface area contributed by atoms with Gasteiger partial charge in [0.15, 0.2) is 0 Å². The van der Waals surface area contributed by atoms with Crippen LogP contribution < -0.4 is 5.32 Å². The lowest BCUT2D eigenvalue weighted by Crippen LogP contribution is -2.24. The lowest BCUT2D eigenvalue weighted by atomic mass is 9.85. The SMILES string of the molecule is O=C(NCc1ncco1)c1cnc2c(C3=CCC(C(F)(F)F)CC3)cccc2c1. The highest BCUT2D eigenvalue weighted by Gasteiger charge is 2.39. The Hall–Kier alpha value is -3.16. The van der Waals surface area contributed by atoms with E-state index in [4.69, 9.17) is 4.42 Å². The third kappa shape index (κ3) is 4.16. The number of halogens is 3. The number of oxazole rings is 1. The van der Waals surface area contributed by atoms with E-state index in [9.17, 15) is 18.0 Å². The highest BCUT2D eigenvalue weighted by molar-refractivity contribution is 5.99. The van der Waals surface area contributed by atoms with Crippen LogP contribution >= 0.6 is 0 Å². The molecular formula is C21H18F3N3O2. The molecule has 29 heavy (non-hydrogen) atoms. The molecule has 0 saturated carbocycles. The molecule has 1 atom stereocenters. The summed E-state index contributed by atoms with van der Waals surface area (Å²) in [6.45, 7) is 0.164. The van der Waals surface area contributed by atoms with Gasteiger partial charge in [-0.05, 0) is 30.9 Å². The van der Waals surface area contributed by atoms with E-state index in [1.54, 1.807) is 12.1 Å². The van der Waals surface area contributed by atoms with Gasteiger partial charge in [0, 0.05) is 17.1 Å². The molecule has 1 N–H and O–H groups in total. The normalized spacial score (nSPS) is 17.2. The lowest BCUT2D eigenvalue weighted by molar-refractivity contribution is -0.175. The monoisotopic (exact) mass is 401 g/mol. The third-order valence-electron chi connectivity index (χ3n) is 5.08. The van der Waals surface area contributed by atoms with E-state index >= 15 is 0 Å². The van der Waals surface area contributed by atoms with Crippen LogP contribution in [0.3, 0.4) is 0 Å². The molecular weight excluding hydrogens is 383 g/mol. The number of allylic oxidation sites excluding steroid dienone is 2. The van der Waals surface area contributed by atoms with Crippen LogP contribution in [-0.4, -0.2) is 22.1 Å². The summed E-state index contributed by atoms with van der Waals surface area (Å²) in [5.41, 5.74) is 2.74. The lowest BCUT2D eigenvalue weighted by Gasteiger charge is -2.24. The molecule has 3 aromatic rings. The van der Waals surface area contributed by atoms with Gasteiger partial charge in [0.2, 0.25) is 5.89 Å². The molecule has 4 rings (SSSR count). The summed E-state index contributed by atoms with van der Waals surface area (Å²) in [6, 6.07) is 7.24. The van der Waals surface area contributed by atoms with Crippen LogP contribution in [0, 0.1) is 5.92 Å². The summed E-state index contributed by atoms with van der Waals surface area (Å²) in [5.74, 6) is -1.20. The van der Waals surface area contributed by atoms with E-state index in [0.29, 0.717) is 23.4 Å². The number of amides is 1. The van der Waals surface area contributed by atoms with E-state index in [1.807, 2.05) is 18.2 Å². The van der Waals surface area contributed by atoms with Gasteiger partial charge in [-0.1, -0.05) is 24.3 Å². The van der Waals surface area contributed by atoms with Crippen molar-refractivity contribution in [3.8, 4) is 0 Å². The van der Waals surface area contributed by atoms with Gasteiger partial charge in [0.1, 0.15) is 6.26 Å². The van der Waals surface area contributed by atoms with Crippen molar-refractivity contribution in [1.29, 1.82) is 0 Å². The topological polar surface area (TPSA) is 68.0 Å². The van der Waals surface area contributed by atoms with Crippen molar-refractivity contribution in [2.24, 2.45) is 5.92 Å². The average Bonchev–Trinajstić information content (AvgIpc) is 3.24. The number of rotatable bonds is 4. The van der Waals surface area contributed by atoms with Crippen LogP contribution in [-0.2, 0) is 6.54 Å². The molecule has 1 aromatic carbocycles. The number of nitrogens with one attached hydrogen (secondary N) is 1. The molecule has 5 nitrogen and oxygen atoms in total. The first-order valence-electron chi connectivity index (χ1n) is 9.23. The van der Waals surface area contributed by atoms with E-state index < -0.39 is 12.1 Å². The van der Waals surface area contributed by atoms with E-state index in [0.717, 1.165) is 16.5 Å². The van der Waals surface area contributed by atoms with Gasteiger partial charge < -0.3 is 9.73 Å². The number of nitrogens with zero attached hydrogens (tertiary/aromatic N) is 2. The molecule has 0 bridgehead atoms. The van der Waals surface area contributed by atoms with Gasteiger partial charge in [-0.25, -0.2) is 4.98 Å². The Morgan fingerprint density at radius 1 is 1.28 bits per heavy atom. The maximum absolute atomic E-state index is 12.9. The maximum atomic E-state index is 12.9. The number of hydrogen-bond donors (Lipinski definition) is 1. The molecule has 1 amide bonds. The molecule has 0 radical (unpaired) electrons. The second-order valence-corrected chi connectivity index (χ2v) is 6.95. The quantitative estimate of drug-likeness (QED) is 0.675.